The SMILES string of the molecule is CCC1CCCCN1C(=O)COC(=O)c1ccccc1C(=O)N(C)c1ccccc1. The smallest absolute Gasteiger partial charge is 0.339 e. The molecule has 0 aliphatic carbocycles. The van der Waals surface area contributed by atoms with Gasteiger partial charge < -0.3 is 14.5 Å². The number of para-hydroxylation sites is 1. The highest BCUT2D eigenvalue weighted by Crippen LogP contribution is 2.21. The number of carbonyl (C=O) groups is 3. The molecule has 0 N–H and O–H groups in total. The molecule has 2 aromatic carbocycles. The topological polar surface area (TPSA) is 66.9 Å². The van der Waals surface area contributed by atoms with Crippen molar-refractivity contribution in [3.63, 3.8) is 0 Å². The quantitative estimate of drug-likeness (QED) is 0.680. The maximum atomic E-state index is 13.0. The number of likely N-dealkylation sites (tertiary alicyclic amines) is 1. The molecule has 1 heterocycles. The lowest BCUT2D eigenvalue weighted by Crippen LogP contribution is -2.45. The van der Waals surface area contributed by atoms with Gasteiger partial charge in [0, 0.05) is 25.3 Å². The standard InChI is InChI=1S/C24H28N2O4/c1-3-18-11-9-10-16-26(18)22(27)17-30-24(29)21-15-8-7-14-20(21)23(28)25(2)19-12-5-4-6-13-19/h4-8,12-15,18H,3,9-11,16-17H2,1-2H3. The van der Waals surface area contributed by atoms with Crippen molar-refractivity contribution < 1.29 is 19.1 Å². The molecular weight excluding hydrogens is 380 g/mol. The van der Waals surface area contributed by atoms with E-state index in [-0.39, 0.29) is 35.6 Å². The third kappa shape index (κ3) is 4.87. The van der Waals surface area contributed by atoms with Crippen molar-refractivity contribution in [1.82, 2.24) is 4.90 Å². The molecule has 0 radical (unpaired) electrons. The van der Waals surface area contributed by atoms with Crippen molar-refractivity contribution in [3.05, 3.63) is 65.7 Å². The second-order valence-corrected chi connectivity index (χ2v) is 7.47. The van der Waals surface area contributed by atoms with E-state index in [9.17, 15) is 14.4 Å². The molecule has 1 fully saturated rings. The van der Waals surface area contributed by atoms with Crippen LogP contribution >= 0.6 is 0 Å². The van der Waals surface area contributed by atoms with Crippen LogP contribution in [0.25, 0.3) is 0 Å². The summed E-state index contributed by atoms with van der Waals surface area (Å²) in [5, 5.41) is 0. The van der Waals surface area contributed by atoms with Crippen LogP contribution in [0.2, 0.25) is 0 Å². The number of rotatable bonds is 6. The van der Waals surface area contributed by atoms with Crippen LogP contribution in [0, 0.1) is 0 Å². The van der Waals surface area contributed by atoms with Crippen LogP contribution in [0.15, 0.2) is 54.6 Å². The predicted molar refractivity (Wildman–Crippen MR) is 116 cm³/mol. The minimum absolute atomic E-state index is 0.156. The molecule has 1 saturated heterocycles. The first-order chi connectivity index (χ1) is 14.5. The molecular formula is C24H28N2O4. The lowest BCUT2D eigenvalue weighted by Gasteiger charge is -2.35. The Morgan fingerprint density at radius 1 is 1.00 bits per heavy atom. The minimum Gasteiger partial charge on any atom is -0.452 e. The Kier molecular flexibility index (Phi) is 7.22. The van der Waals surface area contributed by atoms with Gasteiger partial charge >= 0.3 is 5.97 Å². The molecule has 3 rings (SSSR count). The first-order valence-electron chi connectivity index (χ1n) is 10.4. The molecule has 2 aromatic rings. The first kappa shape index (κ1) is 21.6. The Morgan fingerprint density at radius 3 is 2.37 bits per heavy atom. The zero-order valence-corrected chi connectivity index (χ0v) is 17.5. The molecule has 6 nitrogen and oxygen atoms in total. The number of hydrogen-bond acceptors (Lipinski definition) is 4. The number of esters is 1. The Labute approximate surface area is 177 Å². The maximum absolute atomic E-state index is 13.0. The average molecular weight is 408 g/mol. The van der Waals surface area contributed by atoms with Crippen LogP contribution in [0.4, 0.5) is 5.69 Å². The molecule has 0 aromatic heterocycles. The van der Waals surface area contributed by atoms with Crippen molar-refractivity contribution >= 4 is 23.5 Å². The monoisotopic (exact) mass is 408 g/mol. The summed E-state index contributed by atoms with van der Waals surface area (Å²) in [5.41, 5.74) is 1.12. The molecule has 2 amide bonds. The first-order valence-corrected chi connectivity index (χ1v) is 10.4. The van der Waals surface area contributed by atoms with Crippen molar-refractivity contribution in [2.75, 3.05) is 25.1 Å². The Bertz CT molecular complexity index is 897. The van der Waals surface area contributed by atoms with Gasteiger partial charge in [0.05, 0.1) is 11.1 Å². The van der Waals surface area contributed by atoms with Gasteiger partial charge in [-0.05, 0) is 49.9 Å². The summed E-state index contributed by atoms with van der Waals surface area (Å²) >= 11 is 0. The van der Waals surface area contributed by atoms with Crippen LogP contribution in [-0.4, -0.2) is 48.9 Å². The minimum atomic E-state index is -0.668. The molecule has 30 heavy (non-hydrogen) atoms. The highest BCUT2D eigenvalue weighted by Gasteiger charge is 2.27. The molecule has 1 atom stereocenters. The van der Waals surface area contributed by atoms with Crippen LogP contribution in [-0.2, 0) is 9.53 Å². The number of piperidine rings is 1. The van der Waals surface area contributed by atoms with Gasteiger partial charge in [0.15, 0.2) is 6.61 Å². The van der Waals surface area contributed by atoms with E-state index in [1.807, 2.05) is 35.2 Å². The number of amides is 2. The molecule has 0 saturated carbocycles. The van der Waals surface area contributed by atoms with E-state index in [0.29, 0.717) is 6.54 Å². The number of benzene rings is 2. The molecule has 158 valence electrons. The van der Waals surface area contributed by atoms with Crippen LogP contribution in [0.1, 0.15) is 53.3 Å². The van der Waals surface area contributed by atoms with E-state index in [1.165, 1.54) is 4.90 Å². The number of hydrogen-bond donors (Lipinski definition) is 0. The van der Waals surface area contributed by atoms with E-state index in [4.69, 9.17) is 4.74 Å². The van der Waals surface area contributed by atoms with E-state index in [1.54, 1.807) is 31.3 Å². The van der Waals surface area contributed by atoms with Gasteiger partial charge in [-0.2, -0.15) is 0 Å². The summed E-state index contributed by atoms with van der Waals surface area (Å²) in [6.45, 7) is 2.45. The van der Waals surface area contributed by atoms with Gasteiger partial charge in [-0.15, -0.1) is 0 Å². The van der Waals surface area contributed by atoms with Crippen LogP contribution in [0.5, 0.6) is 0 Å². The van der Waals surface area contributed by atoms with Gasteiger partial charge in [-0.25, -0.2) is 4.79 Å². The number of nitrogens with zero attached hydrogens (tertiary/aromatic N) is 2. The van der Waals surface area contributed by atoms with Gasteiger partial charge in [0.25, 0.3) is 11.8 Å². The highest BCUT2D eigenvalue weighted by atomic mass is 16.5. The summed E-state index contributed by atoms with van der Waals surface area (Å²) in [4.78, 5) is 41.6. The van der Waals surface area contributed by atoms with Crippen LogP contribution < -0.4 is 4.90 Å². The molecule has 1 aliphatic rings. The fourth-order valence-electron chi connectivity index (χ4n) is 3.84. The predicted octanol–water partition coefficient (Wildman–Crippen LogP) is 3.91. The number of ether oxygens (including phenoxy) is 1. The van der Waals surface area contributed by atoms with Crippen LogP contribution in [0.3, 0.4) is 0 Å². The summed E-state index contributed by atoms with van der Waals surface area (Å²) in [7, 11) is 1.66. The lowest BCUT2D eigenvalue weighted by molar-refractivity contribution is -0.138. The van der Waals surface area contributed by atoms with E-state index >= 15 is 0 Å². The Balaban J connectivity index is 1.69. The largest absolute Gasteiger partial charge is 0.452 e. The summed E-state index contributed by atoms with van der Waals surface area (Å²) in [6, 6.07) is 15.9. The molecule has 1 unspecified atom stereocenters. The van der Waals surface area contributed by atoms with Gasteiger partial charge in [0.2, 0.25) is 0 Å². The van der Waals surface area contributed by atoms with E-state index < -0.39 is 5.97 Å². The third-order valence-corrected chi connectivity index (χ3v) is 5.57. The second kappa shape index (κ2) is 10.1. The third-order valence-electron chi connectivity index (χ3n) is 5.57. The molecule has 6 heteroatoms. The fourth-order valence-corrected chi connectivity index (χ4v) is 3.84. The van der Waals surface area contributed by atoms with Crippen molar-refractivity contribution in [1.29, 1.82) is 0 Å². The number of carbonyl (C=O) groups excluding carboxylic acids is 3. The zero-order chi connectivity index (χ0) is 21.5. The van der Waals surface area contributed by atoms with Crippen molar-refractivity contribution in [2.24, 2.45) is 0 Å². The average Bonchev–Trinajstić information content (AvgIpc) is 2.81. The number of anilines is 1. The highest BCUT2D eigenvalue weighted by molar-refractivity contribution is 6.12. The summed E-state index contributed by atoms with van der Waals surface area (Å²) in [6.07, 6.45) is 3.97. The van der Waals surface area contributed by atoms with Gasteiger partial charge in [-0.3, -0.25) is 9.59 Å². The van der Waals surface area contributed by atoms with Crippen molar-refractivity contribution in [2.45, 2.75) is 38.6 Å². The van der Waals surface area contributed by atoms with Gasteiger partial charge in [-0.1, -0.05) is 37.3 Å². The van der Waals surface area contributed by atoms with E-state index in [0.717, 1.165) is 31.4 Å². The Hall–Kier alpha value is -3.15. The maximum Gasteiger partial charge on any atom is 0.339 e. The lowest BCUT2D eigenvalue weighted by atomic mass is 10.00. The molecule has 1 aliphatic heterocycles. The van der Waals surface area contributed by atoms with E-state index in [2.05, 4.69) is 6.92 Å². The van der Waals surface area contributed by atoms with Crippen molar-refractivity contribution in [3.8, 4) is 0 Å². The normalized spacial score (nSPS) is 16.1. The summed E-state index contributed by atoms with van der Waals surface area (Å²) in [5.74, 6) is -1.17. The zero-order valence-electron chi connectivity index (χ0n) is 17.5. The summed E-state index contributed by atoms with van der Waals surface area (Å²) < 4.78 is 5.31. The Morgan fingerprint density at radius 2 is 1.67 bits per heavy atom. The fraction of sp³-hybridized carbons (Fsp3) is 0.375. The molecule has 0 spiro atoms. The second-order valence-electron chi connectivity index (χ2n) is 7.47. The van der Waals surface area contributed by atoms with Gasteiger partial charge in [0.1, 0.15) is 0 Å². The molecule has 0 bridgehead atoms.